The molecule has 0 aromatic heterocycles. The Bertz CT molecular complexity index is 922. The number of hydrogen-bond donors (Lipinski definition) is 0. The van der Waals surface area contributed by atoms with Crippen molar-refractivity contribution < 1.29 is 22.7 Å². The van der Waals surface area contributed by atoms with Gasteiger partial charge in [0.25, 0.3) is 5.91 Å². The Hall–Kier alpha value is -2.67. The lowest BCUT2D eigenvalue weighted by Gasteiger charge is -2.21. The number of esters is 1. The van der Waals surface area contributed by atoms with E-state index in [0.29, 0.717) is 11.3 Å². The maximum Gasteiger partial charge on any atom is 0.339 e. The molecular weight excluding hydrogens is 354 g/mol. The number of carbonyl (C=O) groups excluding carboxylic acids is 2. The SMILES string of the molecule is Cc1ccc(S(C)(=O)=O)cc1C(=O)O[C@H](C)C(=O)N(C)c1ccccc1. The number of amides is 1. The standard InChI is InChI=1S/C19H21NO5S/c1-13-10-11-16(26(4,23)24)12-17(13)19(22)25-14(2)18(21)20(3)15-8-6-5-7-9-15/h5-12,14H,1-4H3/t14-/m1/s1. The molecule has 0 aliphatic heterocycles. The lowest BCUT2D eigenvalue weighted by Crippen LogP contribution is -2.37. The van der Waals surface area contributed by atoms with E-state index in [1.54, 1.807) is 38.2 Å². The molecule has 0 N–H and O–H groups in total. The molecule has 0 unspecified atom stereocenters. The van der Waals surface area contributed by atoms with E-state index < -0.39 is 21.9 Å². The largest absolute Gasteiger partial charge is 0.449 e. The van der Waals surface area contributed by atoms with Crippen molar-refractivity contribution in [3.8, 4) is 0 Å². The number of nitrogens with zero attached hydrogens (tertiary/aromatic N) is 1. The third-order valence-electron chi connectivity index (χ3n) is 3.96. The Morgan fingerprint density at radius 2 is 1.69 bits per heavy atom. The molecule has 0 saturated heterocycles. The van der Waals surface area contributed by atoms with E-state index >= 15 is 0 Å². The molecule has 2 rings (SSSR count). The quantitative estimate of drug-likeness (QED) is 0.751. The summed E-state index contributed by atoms with van der Waals surface area (Å²) in [7, 11) is -1.86. The second-order valence-electron chi connectivity index (χ2n) is 6.03. The van der Waals surface area contributed by atoms with Crippen LogP contribution in [0.15, 0.2) is 53.4 Å². The first-order chi connectivity index (χ1) is 12.1. The number of hydrogen-bond acceptors (Lipinski definition) is 5. The molecule has 138 valence electrons. The average Bonchev–Trinajstić information content (AvgIpc) is 2.60. The highest BCUT2D eigenvalue weighted by Crippen LogP contribution is 2.18. The summed E-state index contributed by atoms with van der Waals surface area (Å²) in [5.74, 6) is -1.13. The minimum atomic E-state index is -3.45. The van der Waals surface area contributed by atoms with E-state index in [4.69, 9.17) is 4.74 Å². The first-order valence-electron chi connectivity index (χ1n) is 7.95. The molecule has 0 radical (unpaired) electrons. The van der Waals surface area contributed by atoms with Crippen LogP contribution >= 0.6 is 0 Å². The Morgan fingerprint density at radius 3 is 2.27 bits per heavy atom. The molecule has 2 aromatic carbocycles. The molecule has 1 atom stereocenters. The van der Waals surface area contributed by atoms with Crippen molar-refractivity contribution in [3.63, 3.8) is 0 Å². The van der Waals surface area contributed by atoms with Gasteiger partial charge in [-0.1, -0.05) is 24.3 Å². The predicted molar refractivity (Wildman–Crippen MR) is 99.0 cm³/mol. The summed E-state index contributed by atoms with van der Waals surface area (Å²) in [4.78, 5) is 26.3. The predicted octanol–water partition coefficient (Wildman–Crippen LogP) is 2.61. The summed E-state index contributed by atoms with van der Waals surface area (Å²) in [6, 6.07) is 13.2. The zero-order valence-electron chi connectivity index (χ0n) is 15.1. The second-order valence-corrected chi connectivity index (χ2v) is 8.04. The molecule has 0 saturated carbocycles. The third kappa shape index (κ3) is 4.49. The van der Waals surface area contributed by atoms with Crippen molar-refractivity contribution in [1.82, 2.24) is 0 Å². The van der Waals surface area contributed by atoms with Crippen LogP contribution in [0.4, 0.5) is 5.69 Å². The van der Waals surface area contributed by atoms with E-state index in [-0.39, 0.29) is 16.4 Å². The topological polar surface area (TPSA) is 80.7 Å². The van der Waals surface area contributed by atoms with Crippen LogP contribution in [0.5, 0.6) is 0 Å². The van der Waals surface area contributed by atoms with Gasteiger partial charge in [0.2, 0.25) is 0 Å². The van der Waals surface area contributed by atoms with Crippen LogP contribution in [0, 0.1) is 6.92 Å². The maximum absolute atomic E-state index is 12.5. The third-order valence-corrected chi connectivity index (χ3v) is 5.07. The summed E-state index contributed by atoms with van der Waals surface area (Å²) in [5, 5.41) is 0. The molecular formula is C19H21NO5S. The minimum absolute atomic E-state index is 0.0235. The van der Waals surface area contributed by atoms with Crippen molar-refractivity contribution in [2.24, 2.45) is 0 Å². The highest BCUT2D eigenvalue weighted by Gasteiger charge is 2.24. The number of ether oxygens (including phenoxy) is 1. The van der Waals surface area contributed by atoms with E-state index in [1.807, 2.05) is 6.07 Å². The summed E-state index contributed by atoms with van der Waals surface area (Å²) in [5.41, 5.74) is 1.36. The summed E-state index contributed by atoms with van der Waals surface area (Å²) in [6.45, 7) is 3.15. The van der Waals surface area contributed by atoms with Gasteiger partial charge in [-0.25, -0.2) is 13.2 Å². The van der Waals surface area contributed by atoms with Crippen molar-refractivity contribution in [2.75, 3.05) is 18.2 Å². The lowest BCUT2D eigenvalue weighted by molar-refractivity contribution is -0.126. The van der Waals surface area contributed by atoms with Crippen molar-refractivity contribution in [3.05, 3.63) is 59.7 Å². The van der Waals surface area contributed by atoms with Crippen LogP contribution < -0.4 is 4.90 Å². The molecule has 2 aromatic rings. The Labute approximate surface area is 153 Å². The van der Waals surface area contributed by atoms with Gasteiger partial charge in [0.05, 0.1) is 10.5 Å². The summed E-state index contributed by atoms with van der Waals surface area (Å²) in [6.07, 6.45) is 0.0438. The van der Waals surface area contributed by atoms with Crippen LogP contribution in [-0.4, -0.2) is 39.7 Å². The van der Waals surface area contributed by atoms with Gasteiger partial charge in [-0.15, -0.1) is 0 Å². The van der Waals surface area contributed by atoms with Crippen molar-refractivity contribution in [2.45, 2.75) is 24.8 Å². The fourth-order valence-electron chi connectivity index (χ4n) is 2.38. The fourth-order valence-corrected chi connectivity index (χ4v) is 3.02. The molecule has 0 fully saturated rings. The van der Waals surface area contributed by atoms with Crippen LogP contribution in [0.3, 0.4) is 0 Å². The fraction of sp³-hybridized carbons (Fsp3) is 0.263. The summed E-state index contributed by atoms with van der Waals surface area (Å²) < 4.78 is 28.6. The first kappa shape index (κ1) is 19.7. The van der Waals surface area contributed by atoms with Gasteiger partial charge in [-0.05, 0) is 43.7 Å². The van der Waals surface area contributed by atoms with Gasteiger partial charge in [0.15, 0.2) is 15.9 Å². The average molecular weight is 375 g/mol. The smallest absolute Gasteiger partial charge is 0.339 e. The summed E-state index contributed by atoms with van der Waals surface area (Å²) >= 11 is 0. The van der Waals surface area contributed by atoms with Gasteiger partial charge in [0, 0.05) is 19.0 Å². The Kier molecular flexibility index (Phi) is 5.82. The zero-order valence-corrected chi connectivity index (χ0v) is 15.9. The second kappa shape index (κ2) is 7.70. The van der Waals surface area contributed by atoms with Gasteiger partial charge in [0.1, 0.15) is 0 Å². The van der Waals surface area contributed by atoms with Gasteiger partial charge in [-0.2, -0.15) is 0 Å². The number of sulfone groups is 1. The van der Waals surface area contributed by atoms with Crippen molar-refractivity contribution in [1.29, 1.82) is 0 Å². The number of benzene rings is 2. The molecule has 1 amide bonds. The number of aryl methyl sites for hydroxylation is 1. The highest BCUT2D eigenvalue weighted by molar-refractivity contribution is 7.90. The van der Waals surface area contributed by atoms with E-state index in [0.717, 1.165) is 6.26 Å². The van der Waals surface area contributed by atoms with Crippen molar-refractivity contribution >= 4 is 27.4 Å². The van der Waals surface area contributed by atoms with Gasteiger partial charge in [-0.3, -0.25) is 4.79 Å². The number of rotatable bonds is 5. The number of anilines is 1. The van der Waals surface area contributed by atoms with Gasteiger partial charge >= 0.3 is 5.97 Å². The molecule has 26 heavy (non-hydrogen) atoms. The van der Waals surface area contributed by atoms with Crippen LogP contribution in [0.1, 0.15) is 22.8 Å². The molecule has 0 spiro atoms. The van der Waals surface area contributed by atoms with E-state index in [2.05, 4.69) is 0 Å². The lowest BCUT2D eigenvalue weighted by atomic mass is 10.1. The monoisotopic (exact) mass is 375 g/mol. The van der Waals surface area contributed by atoms with Crippen LogP contribution in [0.25, 0.3) is 0 Å². The number of para-hydroxylation sites is 1. The zero-order chi connectivity index (χ0) is 19.5. The minimum Gasteiger partial charge on any atom is -0.449 e. The molecule has 0 heterocycles. The maximum atomic E-state index is 12.5. The van der Waals surface area contributed by atoms with Gasteiger partial charge < -0.3 is 9.64 Å². The highest BCUT2D eigenvalue weighted by atomic mass is 32.2. The molecule has 0 aliphatic rings. The Balaban J connectivity index is 2.18. The Morgan fingerprint density at radius 1 is 1.08 bits per heavy atom. The molecule has 7 heteroatoms. The molecule has 6 nitrogen and oxygen atoms in total. The number of likely N-dealkylation sites (N-methyl/N-ethyl adjacent to an activating group) is 1. The molecule has 0 bridgehead atoms. The number of carbonyl (C=O) groups is 2. The normalized spacial score (nSPS) is 12.3. The van der Waals surface area contributed by atoms with Crippen LogP contribution in [-0.2, 0) is 19.4 Å². The molecule has 0 aliphatic carbocycles. The van der Waals surface area contributed by atoms with Crippen LogP contribution in [0.2, 0.25) is 0 Å². The van der Waals surface area contributed by atoms with E-state index in [9.17, 15) is 18.0 Å². The van der Waals surface area contributed by atoms with E-state index in [1.165, 1.54) is 30.0 Å². The first-order valence-corrected chi connectivity index (χ1v) is 9.84.